The van der Waals surface area contributed by atoms with E-state index in [1.165, 1.54) is 5.56 Å². The largest absolute Gasteiger partial charge is 0.378 e. The highest BCUT2D eigenvalue weighted by molar-refractivity contribution is 5.74. The number of carbonyl (C=O) groups is 1. The quantitative estimate of drug-likeness (QED) is 0.923. The van der Waals surface area contributed by atoms with Crippen molar-refractivity contribution in [3.8, 4) is 0 Å². The fourth-order valence-corrected chi connectivity index (χ4v) is 2.95. The molecule has 21 heavy (non-hydrogen) atoms. The van der Waals surface area contributed by atoms with Gasteiger partial charge in [-0.25, -0.2) is 4.79 Å². The van der Waals surface area contributed by atoms with Crippen LogP contribution in [0.2, 0.25) is 0 Å². The van der Waals surface area contributed by atoms with E-state index < -0.39 is 0 Å². The van der Waals surface area contributed by atoms with Crippen LogP contribution in [-0.4, -0.2) is 50.4 Å². The minimum atomic E-state index is 0.0111. The Balaban J connectivity index is 1.53. The lowest BCUT2D eigenvalue weighted by molar-refractivity contribution is 0.0522. The number of ether oxygens (including phenoxy) is 2. The van der Waals surface area contributed by atoms with Gasteiger partial charge in [-0.1, -0.05) is 30.3 Å². The van der Waals surface area contributed by atoms with Crippen LogP contribution < -0.4 is 5.32 Å². The average Bonchev–Trinajstić information content (AvgIpc) is 3.03. The summed E-state index contributed by atoms with van der Waals surface area (Å²) in [6, 6.07) is 10.3. The minimum Gasteiger partial charge on any atom is -0.378 e. The molecule has 2 aliphatic heterocycles. The zero-order valence-corrected chi connectivity index (χ0v) is 12.2. The number of rotatable bonds is 3. The van der Waals surface area contributed by atoms with Crippen molar-refractivity contribution < 1.29 is 14.3 Å². The first-order chi connectivity index (χ1) is 10.3. The molecule has 2 heterocycles. The molecule has 2 saturated heterocycles. The lowest BCUT2D eigenvalue weighted by atomic mass is 9.95. The van der Waals surface area contributed by atoms with Crippen LogP contribution in [0.3, 0.4) is 0 Å². The SMILES string of the molecule is O=C(NC[C@H]1CCO[C@H]1c1ccccc1)N1CCOCC1. The molecule has 2 amide bonds. The predicted molar refractivity (Wildman–Crippen MR) is 79.0 cm³/mol. The lowest BCUT2D eigenvalue weighted by Gasteiger charge is -2.28. The fourth-order valence-electron chi connectivity index (χ4n) is 2.95. The normalized spacial score (nSPS) is 25.8. The van der Waals surface area contributed by atoms with Gasteiger partial charge in [-0.3, -0.25) is 0 Å². The molecule has 2 atom stereocenters. The number of amides is 2. The highest BCUT2D eigenvalue weighted by atomic mass is 16.5. The molecule has 5 heteroatoms. The number of benzene rings is 1. The van der Waals surface area contributed by atoms with Gasteiger partial charge < -0.3 is 19.7 Å². The fraction of sp³-hybridized carbons (Fsp3) is 0.562. The molecule has 2 aliphatic rings. The highest BCUT2D eigenvalue weighted by Gasteiger charge is 2.30. The molecule has 5 nitrogen and oxygen atoms in total. The zero-order valence-electron chi connectivity index (χ0n) is 12.2. The first kappa shape index (κ1) is 14.4. The van der Waals surface area contributed by atoms with Crippen LogP contribution >= 0.6 is 0 Å². The second-order valence-electron chi connectivity index (χ2n) is 5.54. The zero-order chi connectivity index (χ0) is 14.5. The number of nitrogens with zero attached hydrogens (tertiary/aromatic N) is 1. The highest BCUT2D eigenvalue weighted by Crippen LogP contribution is 2.33. The first-order valence-corrected chi connectivity index (χ1v) is 7.61. The molecule has 0 spiro atoms. The monoisotopic (exact) mass is 290 g/mol. The number of carbonyl (C=O) groups excluding carboxylic acids is 1. The maximum atomic E-state index is 12.1. The molecule has 0 radical (unpaired) electrons. The van der Waals surface area contributed by atoms with Crippen molar-refractivity contribution >= 4 is 6.03 Å². The van der Waals surface area contributed by atoms with Crippen LogP contribution in [0.5, 0.6) is 0 Å². The predicted octanol–water partition coefficient (Wildman–Crippen LogP) is 1.81. The molecular weight excluding hydrogens is 268 g/mol. The number of morpholine rings is 1. The number of hydrogen-bond donors (Lipinski definition) is 1. The standard InChI is InChI=1S/C16H22N2O3/c19-16(18-7-10-20-11-8-18)17-12-14-6-9-21-15(14)13-4-2-1-3-5-13/h1-5,14-15H,6-12H2,(H,17,19)/t14-,15+/m1/s1. The summed E-state index contributed by atoms with van der Waals surface area (Å²) < 4.78 is 11.1. The smallest absolute Gasteiger partial charge is 0.317 e. The Morgan fingerprint density at radius 1 is 1.19 bits per heavy atom. The van der Waals surface area contributed by atoms with E-state index in [9.17, 15) is 4.79 Å². The molecule has 1 aromatic rings. The summed E-state index contributed by atoms with van der Waals surface area (Å²) in [5.41, 5.74) is 1.20. The molecule has 0 saturated carbocycles. The number of nitrogens with one attached hydrogen (secondary N) is 1. The van der Waals surface area contributed by atoms with E-state index in [4.69, 9.17) is 9.47 Å². The Kier molecular flexibility index (Phi) is 4.72. The summed E-state index contributed by atoms with van der Waals surface area (Å²) in [4.78, 5) is 13.9. The van der Waals surface area contributed by atoms with Gasteiger partial charge in [0.05, 0.1) is 19.3 Å². The van der Waals surface area contributed by atoms with Crippen molar-refractivity contribution in [3.05, 3.63) is 35.9 Å². The van der Waals surface area contributed by atoms with Crippen molar-refractivity contribution in [1.82, 2.24) is 10.2 Å². The van der Waals surface area contributed by atoms with Gasteiger partial charge in [-0.05, 0) is 12.0 Å². The van der Waals surface area contributed by atoms with Crippen LogP contribution in [-0.2, 0) is 9.47 Å². The summed E-state index contributed by atoms with van der Waals surface area (Å²) in [5, 5.41) is 3.05. The van der Waals surface area contributed by atoms with Crippen LogP contribution in [0.4, 0.5) is 4.79 Å². The van der Waals surface area contributed by atoms with E-state index in [-0.39, 0.29) is 12.1 Å². The number of hydrogen-bond acceptors (Lipinski definition) is 3. The molecule has 0 aromatic heterocycles. The van der Waals surface area contributed by atoms with E-state index in [0.717, 1.165) is 13.0 Å². The number of urea groups is 1. The Labute approximate surface area is 125 Å². The molecule has 2 fully saturated rings. The van der Waals surface area contributed by atoms with E-state index in [1.807, 2.05) is 23.1 Å². The lowest BCUT2D eigenvalue weighted by Crippen LogP contribution is -2.47. The van der Waals surface area contributed by atoms with Crippen LogP contribution in [0.1, 0.15) is 18.1 Å². The summed E-state index contributed by atoms with van der Waals surface area (Å²) in [5.74, 6) is 0.345. The van der Waals surface area contributed by atoms with Gasteiger partial charge in [0.25, 0.3) is 0 Å². The van der Waals surface area contributed by atoms with E-state index in [0.29, 0.717) is 38.8 Å². The molecule has 0 unspecified atom stereocenters. The van der Waals surface area contributed by atoms with Gasteiger partial charge in [0.15, 0.2) is 0 Å². The maximum Gasteiger partial charge on any atom is 0.317 e. The minimum absolute atomic E-state index is 0.0111. The third-order valence-electron chi connectivity index (χ3n) is 4.16. The molecule has 114 valence electrons. The van der Waals surface area contributed by atoms with Crippen molar-refractivity contribution in [2.45, 2.75) is 12.5 Å². The third kappa shape index (κ3) is 3.54. The van der Waals surface area contributed by atoms with Crippen molar-refractivity contribution in [2.24, 2.45) is 5.92 Å². The van der Waals surface area contributed by atoms with Crippen molar-refractivity contribution in [3.63, 3.8) is 0 Å². The van der Waals surface area contributed by atoms with Gasteiger partial charge in [-0.2, -0.15) is 0 Å². The van der Waals surface area contributed by atoms with Gasteiger partial charge in [0.2, 0.25) is 0 Å². The van der Waals surface area contributed by atoms with E-state index >= 15 is 0 Å². The first-order valence-electron chi connectivity index (χ1n) is 7.61. The molecule has 3 rings (SSSR count). The summed E-state index contributed by atoms with van der Waals surface area (Å²) >= 11 is 0. The van der Waals surface area contributed by atoms with E-state index in [2.05, 4.69) is 17.4 Å². The van der Waals surface area contributed by atoms with Crippen LogP contribution in [0.25, 0.3) is 0 Å². The Hall–Kier alpha value is -1.59. The Bertz CT molecular complexity index is 460. The topological polar surface area (TPSA) is 50.8 Å². The molecule has 0 aliphatic carbocycles. The van der Waals surface area contributed by atoms with Gasteiger partial charge >= 0.3 is 6.03 Å². The second kappa shape index (κ2) is 6.91. The summed E-state index contributed by atoms with van der Waals surface area (Å²) in [7, 11) is 0. The third-order valence-corrected chi connectivity index (χ3v) is 4.16. The maximum absolute atomic E-state index is 12.1. The van der Waals surface area contributed by atoms with Gasteiger partial charge in [0, 0.05) is 32.2 Å². The second-order valence-corrected chi connectivity index (χ2v) is 5.54. The average molecular weight is 290 g/mol. The molecule has 1 N–H and O–H groups in total. The van der Waals surface area contributed by atoms with Gasteiger partial charge in [0.1, 0.15) is 0 Å². The van der Waals surface area contributed by atoms with Crippen LogP contribution in [0.15, 0.2) is 30.3 Å². The molecule has 0 bridgehead atoms. The summed E-state index contributed by atoms with van der Waals surface area (Å²) in [6.07, 6.45) is 1.08. The Morgan fingerprint density at radius 3 is 2.71 bits per heavy atom. The van der Waals surface area contributed by atoms with E-state index in [1.54, 1.807) is 0 Å². The van der Waals surface area contributed by atoms with Crippen molar-refractivity contribution in [1.29, 1.82) is 0 Å². The molecular formula is C16H22N2O3. The molecule has 1 aromatic carbocycles. The Morgan fingerprint density at radius 2 is 1.95 bits per heavy atom. The van der Waals surface area contributed by atoms with Crippen LogP contribution in [0, 0.1) is 5.92 Å². The summed E-state index contributed by atoms with van der Waals surface area (Å²) in [6.45, 7) is 4.04. The van der Waals surface area contributed by atoms with Gasteiger partial charge in [-0.15, -0.1) is 0 Å². The van der Waals surface area contributed by atoms with Crippen molar-refractivity contribution in [2.75, 3.05) is 39.5 Å².